The average Bonchev–Trinajstić information content (AvgIpc) is 3.48. The molecule has 0 unspecified atom stereocenters. The number of hydrogen-bond donors (Lipinski definition) is 1. The minimum absolute atomic E-state index is 0.0145. The summed E-state index contributed by atoms with van der Waals surface area (Å²) in [5.74, 6) is -0.976. The first kappa shape index (κ1) is 31.0. The molecule has 0 bridgehead atoms. The van der Waals surface area contributed by atoms with E-state index in [-0.39, 0.29) is 30.6 Å². The van der Waals surface area contributed by atoms with Crippen molar-refractivity contribution in [1.29, 1.82) is 0 Å². The highest BCUT2D eigenvalue weighted by Crippen LogP contribution is 2.30. The molecule has 0 aliphatic heterocycles. The Hall–Kier alpha value is -3.92. The number of halogens is 1. The number of rotatable bonds is 13. The third kappa shape index (κ3) is 8.31. The van der Waals surface area contributed by atoms with E-state index in [1.54, 1.807) is 43.3 Å². The number of ether oxygens (including phenoxy) is 1. The van der Waals surface area contributed by atoms with E-state index in [1.165, 1.54) is 17.0 Å². The van der Waals surface area contributed by atoms with Crippen molar-refractivity contribution in [3.63, 3.8) is 0 Å². The van der Waals surface area contributed by atoms with Gasteiger partial charge in [-0.15, -0.1) is 0 Å². The summed E-state index contributed by atoms with van der Waals surface area (Å²) >= 11 is 0. The minimum Gasteiger partial charge on any atom is -0.492 e. The van der Waals surface area contributed by atoms with Crippen LogP contribution in [0.15, 0.2) is 78.9 Å². The van der Waals surface area contributed by atoms with Gasteiger partial charge in [0.2, 0.25) is 21.8 Å². The van der Waals surface area contributed by atoms with Gasteiger partial charge in [-0.1, -0.05) is 67.4 Å². The van der Waals surface area contributed by atoms with Gasteiger partial charge in [0, 0.05) is 19.0 Å². The lowest BCUT2D eigenvalue weighted by atomic mass is 10.0. The van der Waals surface area contributed by atoms with E-state index >= 15 is 0 Å². The van der Waals surface area contributed by atoms with Crippen molar-refractivity contribution in [2.24, 2.45) is 0 Å². The second-order valence-electron chi connectivity index (χ2n) is 10.5. The quantitative estimate of drug-likeness (QED) is 0.309. The summed E-state index contributed by atoms with van der Waals surface area (Å²) in [6.07, 6.45) is 5.03. The van der Waals surface area contributed by atoms with Gasteiger partial charge in [0.25, 0.3) is 0 Å². The van der Waals surface area contributed by atoms with Gasteiger partial charge in [-0.3, -0.25) is 13.9 Å². The molecule has 3 aromatic rings. The fourth-order valence-corrected chi connectivity index (χ4v) is 6.10. The molecule has 1 aliphatic carbocycles. The molecule has 10 heteroatoms. The Morgan fingerprint density at radius 1 is 0.952 bits per heavy atom. The van der Waals surface area contributed by atoms with Gasteiger partial charge in [-0.05, 0) is 55.2 Å². The zero-order chi connectivity index (χ0) is 30.1. The Balaban J connectivity index is 1.73. The van der Waals surface area contributed by atoms with Crippen LogP contribution in [0, 0.1) is 5.82 Å². The molecule has 1 atom stereocenters. The van der Waals surface area contributed by atoms with Gasteiger partial charge in [0.15, 0.2) is 0 Å². The Morgan fingerprint density at radius 2 is 1.60 bits per heavy atom. The highest BCUT2D eigenvalue weighted by atomic mass is 32.2. The number of nitrogens with one attached hydrogen (secondary N) is 1. The molecule has 0 aromatic heterocycles. The molecule has 0 radical (unpaired) electrons. The lowest BCUT2D eigenvalue weighted by Crippen LogP contribution is -2.54. The third-order valence-corrected chi connectivity index (χ3v) is 8.48. The number of para-hydroxylation sites is 2. The Morgan fingerprint density at radius 3 is 2.24 bits per heavy atom. The fraction of sp³-hybridized carbons (Fsp3) is 0.375. The van der Waals surface area contributed by atoms with Gasteiger partial charge in [0.1, 0.15) is 24.2 Å². The van der Waals surface area contributed by atoms with Crippen molar-refractivity contribution in [3.05, 3.63) is 95.8 Å². The van der Waals surface area contributed by atoms with E-state index in [0.717, 1.165) is 41.8 Å². The summed E-state index contributed by atoms with van der Waals surface area (Å²) < 4.78 is 46.5. The third-order valence-electron chi connectivity index (χ3n) is 7.35. The van der Waals surface area contributed by atoms with E-state index < -0.39 is 34.3 Å². The zero-order valence-electron chi connectivity index (χ0n) is 24.0. The normalized spacial score (nSPS) is 14.3. The summed E-state index contributed by atoms with van der Waals surface area (Å²) in [6.45, 7) is 1.53. The van der Waals surface area contributed by atoms with Gasteiger partial charge in [-0.25, -0.2) is 12.8 Å². The summed E-state index contributed by atoms with van der Waals surface area (Å²) in [4.78, 5) is 29.5. The van der Waals surface area contributed by atoms with Crippen molar-refractivity contribution in [1.82, 2.24) is 10.2 Å². The number of nitrogens with zero attached hydrogens (tertiary/aromatic N) is 2. The van der Waals surface area contributed by atoms with Crippen LogP contribution < -0.4 is 14.4 Å². The van der Waals surface area contributed by atoms with E-state index in [2.05, 4.69) is 5.32 Å². The van der Waals surface area contributed by atoms with E-state index in [0.29, 0.717) is 17.9 Å². The summed E-state index contributed by atoms with van der Waals surface area (Å²) in [5.41, 5.74) is 1.69. The van der Waals surface area contributed by atoms with Crippen LogP contribution in [0.1, 0.15) is 43.7 Å². The molecule has 1 N–H and O–H groups in total. The van der Waals surface area contributed by atoms with Crippen LogP contribution in [0.2, 0.25) is 0 Å². The highest BCUT2D eigenvalue weighted by Gasteiger charge is 2.34. The van der Waals surface area contributed by atoms with Crippen LogP contribution in [0.4, 0.5) is 10.1 Å². The predicted molar refractivity (Wildman–Crippen MR) is 161 cm³/mol. The number of amides is 2. The molecule has 3 aromatic carbocycles. The number of hydrogen-bond acceptors (Lipinski definition) is 5. The standard InChI is InChI=1S/C32H38FN3O5S/c1-3-41-30-16-10-9-15-28(30)36(42(2,39)40)23-31(37)35(22-25-17-19-26(33)20-18-25)29(21-24-11-5-4-6-12-24)32(38)34-27-13-7-8-14-27/h4-6,9-12,15-20,27,29H,3,7-8,13-14,21-23H2,1-2H3,(H,34,38)/t29-/m0/s1. The largest absolute Gasteiger partial charge is 0.492 e. The fourth-order valence-electron chi connectivity index (χ4n) is 5.24. The van der Waals surface area contributed by atoms with Crippen molar-refractivity contribution < 1.29 is 27.1 Å². The average molecular weight is 596 g/mol. The maximum atomic E-state index is 14.2. The van der Waals surface area contributed by atoms with Gasteiger partial charge in [-0.2, -0.15) is 0 Å². The Kier molecular flexibility index (Phi) is 10.6. The van der Waals surface area contributed by atoms with Gasteiger partial charge >= 0.3 is 0 Å². The molecule has 1 saturated carbocycles. The van der Waals surface area contributed by atoms with Gasteiger partial charge < -0.3 is 15.0 Å². The molecule has 0 spiro atoms. The maximum absolute atomic E-state index is 14.2. The topological polar surface area (TPSA) is 96.0 Å². The van der Waals surface area contributed by atoms with Crippen molar-refractivity contribution in [2.45, 2.75) is 57.7 Å². The van der Waals surface area contributed by atoms with E-state index in [9.17, 15) is 22.4 Å². The molecule has 1 fully saturated rings. The smallest absolute Gasteiger partial charge is 0.244 e. The molecule has 42 heavy (non-hydrogen) atoms. The maximum Gasteiger partial charge on any atom is 0.244 e. The number of carbonyl (C=O) groups is 2. The first-order valence-electron chi connectivity index (χ1n) is 14.2. The highest BCUT2D eigenvalue weighted by molar-refractivity contribution is 7.92. The van der Waals surface area contributed by atoms with E-state index in [4.69, 9.17) is 4.74 Å². The second-order valence-corrected chi connectivity index (χ2v) is 12.4. The number of carbonyl (C=O) groups excluding carboxylic acids is 2. The lowest BCUT2D eigenvalue weighted by Gasteiger charge is -2.34. The second kappa shape index (κ2) is 14.3. The first-order chi connectivity index (χ1) is 20.2. The van der Waals surface area contributed by atoms with Crippen LogP contribution >= 0.6 is 0 Å². The SMILES string of the molecule is CCOc1ccccc1N(CC(=O)N(Cc1ccc(F)cc1)[C@@H](Cc1ccccc1)C(=O)NC1CCCC1)S(C)(=O)=O. The molecule has 1 aliphatic rings. The van der Waals surface area contributed by atoms with Crippen molar-refractivity contribution in [3.8, 4) is 5.75 Å². The molecular formula is C32H38FN3O5S. The van der Waals surface area contributed by atoms with Crippen LogP contribution in [0.25, 0.3) is 0 Å². The molecule has 224 valence electrons. The van der Waals surface area contributed by atoms with Crippen LogP contribution in [-0.2, 0) is 32.6 Å². The lowest BCUT2D eigenvalue weighted by molar-refractivity contribution is -0.140. The Labute approximate surface area is 247 Å². The molecule has 0 heterocycles. The summed E-state index contributed by atoms with van der Waals surface area (Å²) in [7, 11) is -3.93. The van der Waals surface area contributed by atoms with E-state index in [1.807, 2.05) is 30.3 Å². The summed E-state index contributed by atoms with van der Waals surface area (Å²) in [5, 5.41) is 3.13. The zero-order valence-corrected chi connectivity index (χ0v) is 24.9. The molecule has 4 rings (SSSR count). The number of sulfonamides is 1. The molecule has 2 amide bonds. The predicted octanol–water partition coefficient (Wildman–Crippen LogP) is 4.69. The van der Waals surface area contributed by atoms with Gasteiger partial charge in [0.05, 0.1) is 18.6 Å². The van der Waals surface area contributed by atoms with Crippen LogP contribution in [0.3, 0.4) is 0 Å². The monoisotopic (exact) mass is 595 g/mol. The van der Waals surface area contributed by atoms with Crippen molar-refractivity contribution >= 4 is 27.5 Å². The molecular weight excluding hydrogens is 557 g/mol. The Bertz CT molecular complexity index is 1440. The summed E-state index contributed by atoms with van der Waals surface area (Å²) in [6, 6.07) is 20.8. The van der Waals surface area contributed by atoms with Crippen LogP contribution in [-0.4, -0.2) is 56.6 Å². The first-order valence-corrected chi connectivity index (χ1v) is 16.1. The molecule has 8 nitrogen and oxygen atoms in total. The molecule has 0 saturated heterocycles. The number of anilines is 1. The minimum atomic E-state index is -3.93. The van der Waals surface area contributed by atoms with Crippen LogP contribution in [0.5, 0.6) is 5.75 Å². The van der Waals surface area contributed by atoms with Crippen molar-refractivity contribution in [2.75, 3.05) is 23.7 Å². The number of benzene rings is 3.